The standard InChI is InChI=1S/C27H35N3O3S/c31-26(23-9-5-15-28-18-23)29-19-22-7-1-2-8-24(22)20-34(32,33)30-16-13-27(14-17-30)12-11-21-6-3-4-10-25(21)27/h1-4,6-8,10,23,28H,5,9,11-20H2,(H,29,31). The van der Waals surface area contributed by atoms with E-state index in [1.54, 1.807) is 4.31 Å². The molecule has 0 bridgehead atoms. The van der Waals surface area contributed by atoms with Gasteiger partial charge in [0.1, 0.15) is 0 Å². The lowest BCUT2D eigenvalue weighted by atomic mass is 9.74. The van der Waals surface area contributed by atoms with Gasteiger partial charge >= 0.3 is 0 Å². The van der Waals surface area contributed by atoms with Crippen LogP contribution in [0, 0.1) is 5.92 Å². The molecule has 1 amide bonds. The molecule has 1 unspecified atom stereocenters. The van der Waals surface area contributed by atoms with Gasteiger partial charge in [-0.05, 0) is 72.7 Å². The molecule has 1 atom stereocenters. The van der Waals surface area contributed by atoms with Crippen LogP contribution in [-0.2, 0) is 39.0 Å². The van der Waals surface area contributed by atoms with Crippen LogP contribution in [0.3, 0.4) is 0 Å². The Morgan fingerprint density at radius 3 is 2.53 bits per heavy atom. The first kappa shape index (κ1) is 23.5. The van der Waals surface area contributed by atoms with Gasteiger partial charge < -0.3 is 10.6 Å². The largest absolute Gasteiger partial charge is 0.352 e. The molecule has 182 valence electrons. The maximum Gasteiger partial charge on any atom is 0.224 e. The van der Waals surface area contributed by atoms with E-state index in [1.807, 2.05) is 24.3 Å². The van der Waals surface area contributed by atoms with Crippen molar-refractivity contribution >= 4 is 15.9 Å². The van der Waals surface area contributed by atoms with Gasteiger partial charge in [0.15, 0.2) is 0 Å². The Morgan fingerprint density at radius 2 is 1.76 bits per heavy atom. The summed E-state index contributed by atoms with van der Waals surface area (Å²) in [6, 6.07) is 16.2. The van der Waals surface area contributed by atoms with E-state index in [-0.39, 0.29) is 23.0 Å². The lowest BCUT2D eigenvalue weighted by molar-refractivity contribution is -0.125. The second kappa shape index (κ2) is 9.80. The summed E-state index contributed by atoms with van der Waals surface area (Å²) in [7, 11) is -3.43. The minimum atomic E-state index is -3.43. The normalized spacial score (nSPS) is 22.4. The molecule has 2 heterocycles. The first-order valence-electron chi connectivity index (χ1n) is 12.6. The molecule has 0 aromatic heterocycles. The molecule has 2 aromatic carbocycles. The number of fused-ring (bicyclic) bond motifs is 2. The Labute approximate surface area is 203 Å². The smallest absolute Gasteiger partial charge is 0.224 e. The van der Waals surface area contributed by atoms with E-state index in [0.717, 1.165) is 56.2 Å². The zero-order valence-corrected chi connectivity index (χ0v) is 20.6. The summed E-state index contributed by atoms with van der Waals surface area (Å²) >= 11 is 0. The average molecular weight is 482 g/mol. The van der Waals surface area contributed by atoms with Crippen LogP contribution in [0.5, 0.6) is 0 Å². The lowest BCUT2D eigenvalue weighted by Crippen LogP contribution is -2.44. The number of benzene rings is 2. The molecule has 7 heteroatoms. The third-order valence-electron chi connectivity index (χ3n) is 8.11. The number of rotatable bonds is 6. The van der Waals surface area contributed by atoms with Crippen molar-refractivity contribution in [1.29, 1.82) is 0 Å². The minimum Gasteiger partial charge on any atom is -0.352 e. The Balaban J connectivity index is 1.22. The molecule has 2 aliphatic heterocycles. The van der Waals surface area contributed by atoms with Gasteiger partial charge in [0.25, 0.3) is 0 Å². The summed E-state index contributed by atoms with van der Waals surface area (Å²) < 4.78 is 28.4. The summed E-state index contributed by atoms with van der Waals surface area (Å²) in [4.78, 5) is 12.5. The molecule has 34 heavy (non-hydrogen) atoms. The fourth-order valence-corrected chi connectivity index (χ4v) is 7.63. The molecular weight excluding hydrogens is 446 g/mol. The zero-order chi connectivity index (χ0) is 23.6. The molecule has 1 aliphatic carbocycles. The maximum absolute atomic E-state index is 13.4. The number of amides is 1. The molecular formula is C27H35N3O3S. The molecule has 0 radical (unpaired) electrons. The summed E-state index contributed by atoms with van der Waals surface area (Å²) in [6.45, 7) is 3.19. The highest BCUT2D eigenvalue weighted by atomic mass is 32.2. The third-order valence-corrected chi connectivity index (χ3v) is 9.94. The highest BCUT2D eigenvalue weighted by Crippen LogP contribution is 2.46. The summed E-state index contributed by atoms with van der Waals surface area (Å²) in [5.41, 5.74) is 4.65. The van der Waals surface area contributed by atoms with E-state index >= 15 is 0 Å². The van der Waals surface area contributed by atoms with Crippen molar-refractivity contribution in [3.63, 3.8) is 0 Å². The first-order valence-corrected chi connectivity index (χ1v) is 14.2. The van der Waals surface area contributed by atoms with Crippen molar-refractivity contribution in [2.75, 3.05) is 26.2 Å². The number of nitrogens with zero attached hydrogens (tertiary/aromatic N) is 1. The number of hydrogen-bond donors (Lipinski definition) is 2. The van der Waals surface area contributed by atoms with Gasteiger partial charge in [-0.2, -0.15) is 0 Å². The van der Waals surface area contributed by atoms with Crippen LogP contribution in [0.25, 0.3) is 0 Å². The lowest BCUT2D eigenvalue weighted by Gasteiger charge is -2.39. The zero-order valence-electron chi connectivity index (χ0n) is 19.8. The van der Waals surface area contributed by atoms with Crippen LogP contribution in [0.4, 0.5) is 0 Å². The van der Waals surface area contributed by atoms with Crippen LogP contribution in [0.1, 0.15) is 54.4 Å². The molecule has 2 aromatic rings. The summed E-state index contributed by atoms with van der Waals surface area (Å²) in [6.07, 6.45) is 5.90. The number of hydrogen-bond acceptors (Lipinski definition) is 4. The SMILES string of the molecule is O=C(NCc1ccccc1CS(=O)(=O)N1CCC2(CCc3ccccc32)CC1)C1CCCNC1. The van der Waals surface area contributed by atoms with E-state index in [2.05, 4.69) is 34.9 Å². The monoisotopic (exact) mass is 481 g/mol. The van der Waals surface area contributed by atoms with Crippen LogP contribution in [-0.4, -0.2) is 44.8 Å². The number of carbonyl (C=O) groups is 1. The number of piperidine rings is 2. The van der Waals surface area contributed by atoms with Gasteiger partial charge in [-0.3, -0.25) is 4.79 Å². The van der Waals surface area contributed by atoms with E-state index in [0.29, 0.717) is 26.2 Å². The maximum atomic E-state index is 13.4. The molecule has 3 aliphatic rings. The van der Waals surface area contributed by atoms with Crippen LogP contribution >= 0.6 is 0 Å². The Kier molecular flexibility index (Phi) is 6.78. The van der Waals surface area contributed by atoms with Crippen molar-refractivity contribution < 1.29 is 13.2 Å². The number of aryl methyl sites for hydroxylation is 1. The van der Waals surface area contributed by atoms with E-state index in [9.17, 15) is 13.2 Å². The number of sulfonamides is 1. The van der Waals surface area contributed by atoms with E-state index in [1.165, 1.54) is 11.1 Å². The topological polar surface area (TPSA) is 78.5 Å². The quantitative estimate of drug-likeness (QED) is 0.665. The molecule has 5 rings (SSSR count). The Hall–Kier alpha value is -2.22. The predicted molar refractivity (Wildman–Crippen MR) is 134 cm³/mol. The van der Waals surface area contributed by atoms with Crippen molar-refractivity contribution in [2.24, 2.45) is 5.92 Å². The molecule has 2 N–H and O–H groups in total. The van der Waals surface area contributed by atoms with Gasteiger partial charge in [-0.15, -0.1) is 0 Å². The molecule has 6 nitrogen and oxygen atoms in total. The van der Waals surface area contributed by atoms with Gasteiger partial charge in [0.05, 0.1) is 11.7 Å². The van der Waals surface area contributed by atoms with Gasteiger partial charge in [-0.25, -0.2) is 12.7 Å². The van der Waals surface area contributed by atoms with Gasteiger partial charge in [0, 0.05) is 26.2 Å². The summed E-state index contributed by atoms with van der Waals surface area (Å²) in [5, 5.41) is 6.30. The van der Waals surface area contributed by atoms with Gasteiger partial charge in [-0.1, -0.05) is 48.5 Å². The third kappa shape index (κ3) is 4.79. The minimum absolute atomic E-state index is 0.00830. The Morgan fingerprint density at radius 1 is 1.03 bits per heavy atom. The number of nitrogens with one attached hydrogen (secondary N) is 2. The van der Waals surface area contributed by atoms with Crippen molar-refractivity contribution in [1.82, 2.24) is 14.9 Å². The average Bonchev–Trinajstić information content (AvgIpc) is 3.22. The fourth-order valence-electron chi connectivity index (χ4n) is 6.04. The van der Waals surface area contributed by atoms with E-state index in [4.69, 9.17) is 0 Å². The van der Waals surface area contributed by atoms with Crippen molar-refractivity contribution in [2.45, 2.75) is 56.2 Å². The highest BCUT2D eigenvalue weighted by Gasteiger charge is 2.43. The second-order valence-corrected chi connectivity index (χ2v) is 12.1. The summed E-state index contributed by atoms with van der Waals surface area (Å²) in [5.74, 6) is 0.0159. The van der Waals surface area contributed by atoms with Crippen molar-refractivity contribution in [3.8, 4) is 0 Å². The highest BCUT2D eigenvalue weighted by molar-refractivity contribution is 7.88. The van der Waals surface area contributed by atoms with E-state index < -0.39 is 10.0 Å². The first-order chi connectivity index (χ1) is 16.5. The molecule has 1 spiro atoms. The Bertz CT molecular complexity index is 1130. The molecule has 2 fully saturated rings. The molecule has 0 saturated carbocycles. The van der Waals surface area contributed by atoms with Crippen LogP contribution in [0.2, 0.25) is 0 Å². The molecule has 2 saturated heterocycles. The van der Waals surface area contributed by atoms with Crippen LogP contribution in [0.15, 0.2) is 48.5 Å². The second-order valence-electron chi connectivity index (χ2n) is 10.1. The predicted octanol–water partition coefficient (Wildman–Crippen LogP) is 3.11. The van der Waals surface area contributed by atoms with Crippen molar-refractivity contribution in [3.05, 3.63) is 70.8 Å². The van der Waals surface area contributed by atoms with Crippen LogP contribution < -0.4 is 10.6 Å². The van der Waals surface area contributed by atoms with Gasteiger partial charge in [0.2, 0.25) is 15.9 Å². The number of carbonyl (C=O) groups excluding carboxylic acids is 1. The fraction of sp³-hybridized carbons (Fsp3) is 0.519.